The fourth-order valence-corrected chi connectivity index (χ4v) is 3.01. The van der Waals surface area contributed by atoms with Crippen molar-refractivity contribution in [3.8, 4) is 5.75 Å². The number of unbranched alkanes of at least 4 members (excludes halogenated alkanes) is 1. The van der Waals surface area contributed by atoms with E-state index in [0.29, 0.717) is 0 Å². The third-order valence-electron chi connectivity index (χ3n) is 4.27. The molecular formula is C19H25NO2. The molecule has 1 fully saturated rings. The van der Waals surface area contributed by atoms with E-state index in [2.05, 4.69) is 54.3 Å². The van der Waals surface area contributed by atoms with Crippen LogP contribution in [0.15, 0.2) is 42.5 Å². The molecule has 1 atom stereocenters. The van der Waals surface area contributed by atoms with Gasteiger partial charge in [0.05, 0.1) is 13.2 Å². The van der Waals surface area contributed by atoms with Gasteiger partial charge in [-0.05, 0) is 24.3 Å². The van der Waals surface area contributed by atoms with Crippen LogP contribution >= 0.6 is 0 Å². The third-order valence-corrected chi connectivity index (χ3v) is 4.27. The van der Waals surface area contributed by atoms with Gasteiger partial charge in [-0.25, -0.2) is 0 Å². The van der Waals surface area contributed by atoms with Gasteiger partial charge in [0, 0.05) is 18.5 Å². The minimum atomic E-state index is 0.148. The molecule has 0 radical (unpaired) electrons. The second kappa shape index (κ2) is 7.61. The number of ether oxygens (including phenoxy) is 2. The van der Waals surface area contributed by atoms with Crippen molar-refractivity contribution in [3.05, 3.63) is 42.5 Å². The number of nitrogens with zero attached hydrogens (tertiary/aromatic N) is 1. The largest absolute Gasteiger partial charge is 0.474 e. The van der Waals surface area contributed by atoms with Crippen LogP contribution in [0.3, 0.4) is 0 Å². The Kier molecular flexibility index (Phi) is 5.30. The Balaban J connectivity index is 1.81. The molecule has 1 aliphatic rings. The summed E-state index contributed by atoms with van der Waals surface area (Å²) in [6.45, 7) is 5.76. The first-order valence-corrected chi connectivity index (χ1v) is 8.34. The lowest BCUT2D eigenvalue weighted by atomic mass is 10.1. The standard InChI is InChI=1S/C19H25NO2/c1-2-3-11-19(20-12-14-21-15-13-20)22-18-10-6-8-16-7-4-5-9-17(16)18/h4-10,19H,2-3,11-15H2,1H3. The van der Waals surface area contributed by atoms with Crippen molar-refractivity contribution >= 4 is 10.8 Å². The summed E-state index contributed by atoms with van der Waals surface area (Å²) in [5.74, 6) is 0.991. The topological polar surface area (TPSA) is 21.7 Å². The molecule has 0 spiro atoms. The van der Waals surface area contributed by atoms with E-state index in [1.165, 1.54) is 23.6 Å². The van der Waals surface area contributed by atoms with Gasteiger partial charge in [0.15, 0.2) is 6.23 Å². The lowest BCUT2D eigenvalue weighted by Crippen LogP contribution is -2.46. The number of rotatable bonds is 6. The molecule has 1 unspecified atom stereocenters. The van der Waals surface area contributed by atoms with Gasteiger partial charge in [-0.1, -0.05) is 49.7 Å². The van der Waals surface area contributed by atoms with Gasteiger partial charge in [-0.3, -0.25) is 4.90 Å². The van der Waals surface area contributed by atoms with Gasteiger partial charge < -0.3 is 9.47 Å². The molecular weight excluding hydrogens is 274 g/mol. The Morgan fingerprint density at radius 2 is 1.86 bits per heavy atom. The molecule has 1 saturated heterocycles. The van der Waals surface area contributed by atoms with E-state index in [0.717, 1.165) is 38.5 Å². The van der Waals surface area contributed by atoms with E-state index in [1.54, 1.807) is 0 Å². The molecule has 0 saturated carbocycles. The molecule has 1 heterocycles. The zero-order chi connectivity index (χ0) is 15.2. The molecule has 0 N–H and O–H groups in total. The number of morpholine rings is 1. The number of hydrogen-bond donors (Lipinski definition) is 0. The lowest BCUT2D eigenvalue weighted by Gasteiger charge is -2.34. The Hall–Kier alpha value is -1.58. The molecule has 1 aliphatic heterocycles. The summed E-state index contributed by atoms with van der Waals surface area (Å²) in [6.07, 6.45) is 3.60. The molecule has 3 heteroatoms. The average molecular weight is 299 g/mol. The molecule has 2 aromatic carbocycles. The SMILES string of the molecule is CCCCC(Oc1cccc2ccccc12)N1CCOCC1. The van der Waals surface area contributed by atoms with Crippen LogP contribution in [0.5, 0.6) is 5.75 Å². The highest BCUT2D eigenvalue weighted by Crippen LogP contribution is 2.27. The average Bonchev–Trinajstić information content (AvgIpc) is 2.59. The van der Waals surface area contributed by atoms with Crippen LogP contribution in [-0.2, 0) is 4.74 Å². The maximum Gasteiger partial charge on any atom is 0.152 e. The summed E-state index contributed by atoms with van der Waals surface area (Å²) < 4.78 is 11.9. The van der Waals surface area contributed by atoms with Crippen molar-refractivity contribution in [1.82, 2.24) is 4.90 Å². The van der Waals surface area contributed by atoms with Crippen molar-refractivity contribution in [2.45, 2.75) is 32.4 Å². The maximum atomic E-state index is 6.44. The van der Waals surface area contributed by atoms with Crippen molar-refractivity contribution in [2.75, 3.05) is 26.3 Å². The molecule has 0 amide bonds. The summed E-state index contributed by atoms with van der Waals surface area (Å²) >= 11 is 0. The monoisotopic (exact) mass is 299 g/mol. The molecule has 22 heavy (non-hydrogen) atoms. The molecule has 0 bridgehead atoms. The number of hydrogen-bond acceptors (Lipinski definition) is 3. The molecule has 3 rings (SSSR count). The van der Waals surface area contributed by atoms with Crippen LogP contribution in [0.25, 0.3) is 10.8 Å². The highest BCUT2D eigenvalue weighted by molar-refractivity contribution is 5.88. The normalized spacial score (nSPS) is 17.5. The van der Waals surface area contributed by atoms with E-state index in [4.69, 9.17) is 9.47 Å². The number of benzene rings is 2. The first-order valence-electron chi connectivity index (χ1n) is 8.34. The van der Waals surface area contributed by atoms with E-state index in [9.17, 15) is 0 Å². The minimum absolute atomic E-state index is 0.148. The first-order chi connectivity index (χ1) is 10.9. The zero-order valence-corrected chi connectivity index (χ0v) is 13.3. The van der Waals surface area contributed by atoms with Crippen LogP contribution in [0.2, 0.25) is 0 Å². The predicted octanol–water partition coefficient (Wildman–Crippen LogP) is 4.07. The van der Waals surface area contributed by atoms with Crippen molar-refractivity contribution in [3.63, 3.8) is 0 Å². The van der Waals surface area contributed by atoms with Crippen molar-refractivity contribution < 1.29 is 9.47 Å². The van der Waals surface area contributed by atoms with Crippen LogP contribution in [0.4, 0.5) is 0 Å². The second-order valence-corrected chi connectivity index (χ2v) is 5.84. The highest BCUT2D eigenvalue weighted by atomic mass is 16.5. The van der Waals surface area contributed by atoms with E-state index >= 15 is 0 Å². The minimum Gasteiger partial charge on any atom is -0.474 e. The van der Waals surface area contributed by atoms with Gasteiger partial charge in [-0.2, -0.15) is 0 Å². The molecule has 2 aromatic rings. The van der Waals surface area contributed by atoms with E-state index in [-0.39, 0.29) is 6.23 Å². The van der Waals surface area contributed by atoms with Crippen LogP contribution in [0.1, 0.15) is 26.2 Å². The molecule has 0 aliphatic carbocycles. The van der Waals surface area contributed by atoms with Gasteiger partial charge >= 0.3 is 0 Å². The Labute approximate surface area is 132 Å². The Morgan fingerprint density at radius 3 is 2.68 bits per heavy atom. The molecule has 3 nitrogen and oxygen atoms in total. The predicted molar refractivity (Wildman–Crippen MR) is 90.3 cm³/mol. The Bertz CT molecular complexity index is 588. The van der Waals surface area contributed by atoms with Gasteiger partial charge in [0.1, 0.15) is 5.75 Å². The van der Waals surface area contributed by atoms with Crippen LogP contribution in [-0.4, -0.2) is 37.4 Å². The van der Waals surface area contributed by atoms with Crippen molar-refractivity contribution in [2.24, 2.45) is 0 Å². The van der Waals surface area contributed by atoms with Crippen molar-refractivity contribution in [1.29, 1.82) is 0 Å². The smallest absolute Gasteiger partial charge is 0.152 e. The first kappa shape index (κ1) is 15.3. The Morgan fingerprint density at radius 1 is 1.09 bits per heavy atom. The zero-order valence-electron chi connectivity index (χ0n) is 13.3. The lowest BCUT2D eigenvalue weighted by molar-refractivity contribution is -0.0489. The van der Waals surface area contributed by atoms with Gasteiger partial charge in [0.25, 0.3) is 0 Å². The summed E-state index contributed by atoms with van der Waals surface area (Å²) in [7, 11) is 0. The summed E-state index contributed by atoms with van der Waals surface area (Å²) in [4.78, 5) is 2.42. The fourth-order valence-electron chi connectivity index (χ4n) is 3.01. The van der Waals surface area contributed by atoms with Gasteiger partial charge in [0.2, 0.25) is 0 Å². The maximum absolute atomic E-state index is 6.44. The molecule has 0 aromatic heterocycles. The number of fused-ring (bicyclic) bond motifs is 1. The summed E-state index contributed by atoms with van der Waals surface area (Å²) in [5.41, 5.74) is 0. The van der Waals surface area contributed by atoms with Crippen LogP contribution in [0, 0.1) is 0 Å². The summed E-state index contributed by atoms with van der Waals surface area (Å²) in [5, 5.41) is 2.43. The van der Waals surface area contributed by atoms with E-state index < -0.39 is 0 Å². The second-order valence-electron chi connectivity index (χ2n) is 5.84. The molecule has 118 valence electrons. The highest BCUT2D eigenvalue weighted by Gasteiger charge is 2.22. The van der Waals surface area contributed by atoms with Crippen LogP contribution < -0.4 is 4.74 Å². The fraction of sp³-hybridized carbons (Fsp3) is 0.474. The van der Waals surface area contributed by atoms with E-state index in [1.807, 2.05) is 0 Å². The van der Waals surface area contributed by atoms with Gasteiger partial charge in [-0.15, -0.1) is 0 Å². The third kappa shape index (κ3) is 3.60. The quantitative estimate of drug-likeness (QED) is 0.802. The summed E-state index contributed by atoms with van der Waals surface area (Å²) in [6, 6.07) is 14.7.